The van der Waals surface area contributed by atoms with Gasteiger partial charge in [-0.05, 0) is 36.8 Å². The van der Waals surface area contributed by atoms with Gasteiger partial charge in [0.2, 0.25) is 0 Å². The molecule has 4 rings (SSSR count). The molecule has 0 saturated carbocycles. The smallest absolute Gasteiger partial charge is 0.161 e. The highest BCUT2D eigenvalue weighted by molar-refractivity contribution is 9.10. The first kappa shape index (κ1) is 18.6. The first-order valence-electron chi connectivity index (χ1n) is 9.04. The fraction of sp³-hybridized carbons (Fsp3) is 0.400. The molecule has 0 amide bonds. The van der Waals surface area contributed by atoms with E-state index in [2.05, 4.69) is 44.9 Å². The van der Waals surface area contributed by atoms with Crippen molar-refractivity contribution in [3.05, 3.63) is 52.3 Å². The summed E-state index contributed by atoms with van der Waals surface area (Å²) in [7, 11) is 1.66. The fourth-order valence-electron chi connectivity index (χ4n) is 3.66. The highest BCUT2D eigenvalue weighted by Crippen LogP contribution is 2.50. The predicted octanol–water partition coefficient (Wildman–Crippen LogP) is 4.84. The molecule has 2 aromatic rings. The largest absolute Gasteiger partial charge is 0.493 e. The summed E-state index contributed by atoms with van der Waals surface area (Å²) in [6, 6.07) is 10.1. The Hall–Kier alpha value is -1.73. The minimum Gasteiger partial charge on any atom is -0.493 e. The minimum absolute atomic E-state index is 0.0413. The number of aromatic nitrogens is 1. The van der Waals surface area contributed by atoms with Gasteiger partial charge < -0.3 is 14.4 Å². The number of amidine groups is 1. The molecule has 0 spiro atoms. The molecule has 5 nitrogen and oxygen atoms in total. The van der Waals surface area contributed by atoms with Crippen molar-refractivity contribution < 1.29 is 9.47 Å². The van der Waals surface area contributed by atoms with E-state index < -0.39 is 0 Å². The molecule has 3 heterocycles. The number of thioether (sulfide) groups is 1. The van der Waals surface area contributed by atoms with E-state index in [-0.39, 0.29) is 12.1 Å². The van der Waals surface area contributed by atoms with Gasteiger partial charge in [0.25, 0.3) is 0 Å². The van der Waals surface area contributed by atoms with E-state index in [1.165, 1.54) is 0 Å². The summed E-state index contributed by atoms with van der Waals surface area (Å²) < 4.78 is 12.3. The molecular weight excluding hydrogens is 426 g/mol. The summed E-state index contributed by atoms with van der Waals surface area (Å²) in [6.45, 7) is 5.78. The zero-order valence-electron chi connectivity index (χ0n) is 15.6. The quantitative estimate of drug-likeness (QED) is 0.655. The number of nitrogens with zero attached hydrogens (tertiary/aromatic N) is 3. The molecule has 0 aliphatic carbocycles. The van der Waals surface area contributed by atoms with E-state index in [1.807, 2.05) is 43.1 Å². The molecule has 1 fully saturated rings. The van der Waals surface area contributed by atoms with E-state index in [1.54, 1.807) is 7.11 Å². The predicted molar refractivity (Wildman–Crippen MR) is 113 cm³/mol. The Bertz CT molecular complexity index is 862. The van der Waals surface area contributed by atoms with Crippen molar-refractivity contribution in [3.63, 3.8) is 0 Å². The van der Waals surface area contributed by atoms with Crippen LogP contribution in [0.5, 0.6) is 11.5 Å². The molecule has 27 heavy (non-hydrogen) atoms. The van der Waals surface area contributed by atoms with Crippen LogP contribution in [0.2, 0.25) is 0 Å². The Balaban J connectivity index is 1.81. The number of halogens is 1. The van der Waals surface area contributed by atoms with Crippen LogP contribution in [0.4, 0.5) is 0 Å². The summed E-state index contributed by atoms with van der Waals surface area (Å²) in [5.74, 6) is 1.48. The zero-order valence-corrected chi connectivity index (χ0v) is 18.0. The molecule has 7 heteroatoms. The second kappa shape index (κ2) is 7.72. The van der Waals surface area contributed by atoms with Gasteiger partial charge in [-0.25, -0.2) is 0 Å². The fourth-order valence-corrected chi connectivity index (χ4v) is 5.31. The van der Waals surface area contributed by atoms with Gasteiger partial charge in [0.15, 0.2) is 16.7 Å². The second-order valence-corrected chi connectivity index (χ2v) is 8.85. The summed E-state index contributed by atoms with van der Waals surface area (Å²) >= 11 is 5.59. The van der Waals surface area contributed by atoms with Crippen LogP contribution in [0.3, 0.4) is 0 Å². The van der Waals surface area contributed by atoms with Crippen LogP contribution in [0, 0.1) is 0 Å². The Kier molecular flexibility index (Phi) is 5.32. The van der Waals surface area contributed by atoms with Crippen molar-refractivity contribution in [1.29, 1.82) is 0 Å². The molecule has 3 atom stereocenters. The number of benzene rings is 1. The standard InChI is InChI=1S/C20H22BrN3O2S/c1-4-26-17-9-13(14(21)10-16(17)25-3)19-18(15-7-5-6-8-22-15)23-20-24(19)11-12(2)27-20/h5-10,12,18-19H,4,11H2,1-3H3/t12-,18+,19-/m1/s1. The lowest BCUT2D eigenvalue weighted by Crippen LogP contribution is -2.28. The molecule has 0 bridgehead atoms. The van der Waals surface area contributed by atoms with Crippen molar-refractivity contribution in [1.82, 2.24) is 9.88 Å². The maximum atomic E-state index is 5.83. The number of pyridine rings is 1. The molecule has 1 aromatic carbocycles. The highest BCUT2D eigenvalue weighted by atomic mass is 79.9. The molecule has 2 aliphatic heterocycles. The molecule has 142 valence electrons. The van der Waals surface area contributed by atoms with Gasteiger partial charge in [0.05, 0.1) is 25.5 Å². The normalized spacial score (nSPS) is 23.9. The van der Waals surface area contributed by atoms with E-state index in [9.17, 15) is 0 Å². The molecule has 0 radical (unpaired) electrons. The number of hydrogen-bond donors (Lipinski definition) is 0. The maximum Gasteiger partial charge on any atom is 0.161 e. The maximum absolute atomic E-state index is 5.83. The summed E-state index contributed by atoms with van der Waals surface area (Å²) in [5.41, 5.74) is 2.13. The second-order valence-electron chi connectivity index (χ2n) is 6.59. The van der Waals surface area contributed by atoms with Crippen LogP contribution in [-0.2, 0) is 0 Å². The average molecular weight is 448 g/mol. The number of rotatable bonds is 5. The highest BCUT2D eigenvalue weighted by Gasteiger charge is 2.44. The Morgan fingerprint density at radius 1 is 1.30 bits per heavy atom. The minimum atomic E-state index is -0.0413. The number of hydrogen-bond acceptors (Lipinski definition) is 6. The van der Waals surface area contributed by atoms with E-state index in [0.717, 1.165) is 38.9 Å². The number of fused-ring (bicyclic) bond motifs is 1. The lowest BCUT2D eigenvalue weighted by molar-refractivity contribution is 0.301. The summed E-state index contributed by atoms with van der Waals surface area (Å²) in [4.78, 5) is 12.0. The summed E-state index contributed by atoms with van der Waals surface area (Å²) in [5, 5.41) is 1.63. The van der Waals surface area contributed by atoms with Crippen molar-refractivity contribution in [2.24, 2.45) is 4.99 Å². The lowest BCUT2D eigenvalue weighted by Gasteiger charge is -2.29. The van der Waals surface area contributed by atoms with E-state index in [4.69, 9.17) is 14.5 Å². The van der Waals surface area contributed by atoms with Crippen LogP contribution >= 0.6 is 27.7 Å². The zero-order chi connectivity index (χ0) is 19.0. The van der Waals surface area contributed by atoms with E-state index >= 15 is 0 Å². The number of methoxy groups -OCH3 is 1. The first-order chi connectivity index (χ1) is 13.1. The van der Waals surface area contributed by atoms with E-state index in [0.29, 0.717) is 11.9 Å². The SMILES string of the molecule is CCOc1cc([C@@H]2[C@H](c3ccccn3)N=C3S[C@H](C)CN32)c(Br)cc1OC. The van der Waals surface area contributed by atoms with Crippen molar-refractivity contribution >= 4 is 32.9 Å². The Morgan fingerprint density at radius 3 is 2.85 bits per heavy atom. The number of aliphatic imine (C=N–C) groups is 1. The van der Waals surface area contributed by atoms with Gasteiger partial charge in [0.1, 0.15) is 6.04 Å². The monoisotopic (exact) mass is 447 g/mol. The van der Waals surface area contributed by atoms with Crippen LogP contribution < -0.4 is 9.47 Å². The van der Waals surface area contributed by atoms with Gasteiger partial charge >= 0.3 is 0 Å². The van der Waals surface area contributed by atoms with Crippen LogP contribution in [0.1, 0.15) is 37.2 Å². The van der Waals surface area contributed by atoms with Gasteiger partial charge in [-0.15, -0.1) is 0 Å². The Morgan fingerprint density at radius 2 is 2.15 bits per heavy atom. The van der Waals surface area contributed by atoms with Gasteiger partial charge in [0, 0.05) is 22.5 Å². The van der Waals surface area contributed by atoms with Crippen molar-refractivity contribution in [2.45, 2.75) is 31.2 Å². The average Bonchev–Trinajstić information content (AvgIpc) is 3.20. The summed E-state index contributed by atoms with van der Waals surface area (Å²) in [6.07, 6.45) is 1.83. The molecule has 2 aliphatic rings. The molecular formula is C20H22BrN3O2S. The van der Waals surface area contributed by atoms with Crippen molar-refractivity contribution in [3.8, 4) is 11.5 Å². The third-order valence-corrected chi connectivity index (χ3v) is 6.57. The molecule has 1 saturated heterocycles. The molecule has 0 N–H and O–H groups in total. The molecule has 0 unspecified atom stereocenters. The van der Waals surface area contributed by atoms with Crippen LogP contribution in [0.25, 0.3) is 0 Å². The first-order valence-corrected chi connectivity index (χ1v) is 10.7. The van der Waals surface area contributed by atoms with Crippen LogP contribution in [-0.4, -0.2) is 40.6 Å². The van der Waals surface area contributed by atoms with Crippen LogP contribution in [0.15, 0.2) is 46.0 Å². The Labute approximate surface area is 172 Å². The topological polar surface area (TPSA) is 47.0 Å². The van der Waals surface area contributed by atoms with Gasteiger partial charge in [-0.1, -0.05) is 40.7 Å². The van der Waals surface area contributed by atoms with Crippen molar-refractivity contribution in [2.75, 3.05) is 20.3 Å². The third-order valence-electron chi connectivity index (χ3n) is 4.78. The van der Waals surface area contributed by atoms with Gasteiger partial charge in [-0.3, -0.25) is 9.98 Å². The lowest BCUT2D eigenvalue weighted by atomic mass is 9.96. The molecule has 1 aromatic heterocycles. The van der Waals surface area contributed by atoms with Gasteiger partial charge in [-0.2, -0.15) is 0 Å². The number of ether oxygens (including phenoxy) is 2. The third kappa shape index (κ3) is 3.43.